The van der Waals surface area contributed by atoms with Crippen molar-refractivity contribution in [2.45, 2.75) is 6.54 Å². The standard InChI is InChI=1S/C10H9ClFN3O/c11-10-14-8-6(2-1-3-7(8)12)9(16)15(10)5-4-13/h1-3H,4-5,13H2. The van der Waals surface area contributed by atoms with Crippen molar-refractivity contribution >= 4 is 22.5 Å². The highest BCUT2D eigenvalue weighted by atomic mass is 35.5. The van der Waals surface area contributed by atoms with Crippen LogP contribution in [0.5, 0.6) is 0 Å². The summed E-state index contributed by atoms with van der Waals surface area (Å²) in [5.41, 5.74) is 4.97. The molecule has 2 aromatic rings. The molecule has 0 radical (unpaired) electrons. The molecule has 0 aliphatic heterocycles. The molecular formula is C10H9ClFN3O. The normalized spacial score (nSPS) is 10.9. The second-order valence-corrected chi connectivity index (χ2v) is 3.60. The van der Waals surface area contributed by atoms with Crippen LogP contribution in [0.25, 0.3) is 10.9 Å². The zero-order valence-corrected chi connectivity index (χ0v) is 9.04. The van der Waals surface area contributed by atoms with Crippen LogP contribution >= 0.6 is 11.6 Å². The molecule has 1 heterocycles. The second kappa shape index (κ2) is 4.19. The molecule has 1 aromatic heterocycles. The molecule has 0 aliphatic rings. The summed E-state index contributed by atoms with van der Waals surface area (Å²) in [7, 11) is 0. The van der Waals surface area contributed by atoms with Gasteiger partial charge in [0, 0.05) is 13.1 Å². The first-order chi connectivity index (χ1) is 7.65. The van der Waals surface area contributed by atoms with E-state index in [0.717, 1.165) is 0 Å². The molecule has 0 aliphatic carbocycles. The van der Waals surface area contributed by atoms with Gasteiger partial charge in [0.1, 0.15) is 11.3 Å². The Kier molecular flexibility index (Phi) is 2.89. The molecule has 0 amide bonds. The summed E-state index contributed by atoms with van der Waals surface area (Å²) >= 11 is 5.79. The van der Waals surface area contributed by atoms with Gasteiger partial charge in [-0.3, -0.25) is 9.36 Å². The van der Waals surface area contributed by atoms with Crippen molar-refractivity contribution < 1.29 is 4.39 Å². The van der Waals surface area contributed by atoms with Gasteiger partial charge in [0.2, 0.25) is 5.28 Å². The van der Waals surface area contributed by atoms with E-state index in [-0.39, 0.29) is 34.8 Å². The van der Waals surface area contributed by atoms with Crippen molar-refractivity contribution in [1.82, 2.24) is 9.55 Å². The molecule has 0 saturated heterocycles. The minimum absolute atomic E-state index is 0.00854. The van der Waals surface area contributed by atoms with Gasteiger partial charge >= 0.3 is 0 Å². The van der Waals surface area contributed by atoms with E-state index in [2.05, 4.69) is 4.98 Å². The van der Waals surface area contributed by atoms with Crippen LogP contribution in [0, 0.1) is 5.82 Å². The van der Waals surface area contributed by atoms with Gasteiger partial charge in [0.25, 0.3) is 5.56 Å². The minimum atomic E-state index is -0.559. The molecule has 2 rings (SSSR count). The summed E-state index contributed by atoms with van der Waals surface area (Å²) in [6.07, 6.45) is 0. The summed E-state index contributed by atoms with van der Waals surface area (Å²) in [4.78, 5) is 15.8. The Hall–Kier alpha value is -1.46. The average molecular weight is 242 g/mol. The summed E-state index contributed by atoms with van der Waals surface area (Å²) in [6, 6.07) is 4.21. The number of benzene rings is 1. The lowest BCUT2D eigenvalue weighted by Crippen LogP contribution is -2.25. The molecule has 1 aromatic carbocycles. The van der Waals surface area contributed by atoms with E-state index in [0.29, 0.717) is 0 Å². The van der Waals surface area contributed by atoms with Crippen molar-refractivity contribution in [3.8, 4) is 0 Å². The fraction of sp³-hybridized carbons (Fsp3) is 0.200. The topological polar surface area (TPSA) is 60.9 Å². The monoisotopic (exact) mass is 241 g/mol. The molecule has 0 unspecified atom stereocenters. The zero-order chi connectivity index (χ0) is 11.7. The lowest BCUT2D eigenvalue weighted by molar-refractivity contribution is 0.631. The quantitative estimate of drug-likeness (QED) is 0.803. The third-order valence-corrected chi connectivity index (χ3v) is 2.53. The van der Waals surface area contributed by atoms with E-state index >= 15 is 0 Å². The first kappa shape index (κ1) is 11.0. The van der Waals surface area contributed by atoms with Crippen LogP contribution in [0.3, 0.4) is 0 Å². The number of aromatic nitrogens is 2. The average Bonchev–Trinajstić information content (AvgIpc) is 2.26. The van der Waals surface area contributed by atoms with Crippen LogP contribution in [0.2, 0.25) is 5.28 Å². The fourth-order valence-electron chi connectivity index (χ4n) is 1.51. The number of nitrogens with two attached hydrogens (primary N) is 1. The Morgan fingerprint density at radius 1 is 1.50 bits per heavy atom. The molecule has 4 nitrogen and oxygen atoms in total. The van der Waals surface area contributed by atoms with Crippen molar-refractivity contribution in [2.75, 3.05) is 6.54 Å². The predicted octanol–water partition coefficient (Wildman–Crippen LogP) is 1.15. The summed E-state index contributed by atoms with van der Waals surface area (Å²) < 4.78 is 14.6. The van der Waals surface area contributed by atoms with Gasteiger partial charge in [-0.1, -0.05) is 6.07 Å². The van der Waals surface area contributed by atoms with Crippen molar-refractivity contribution in [3.05, 3.63) is 39.7 Å². The highest BCUT2D eigenvalue weighted by molar-refractivity contribution is 6.28. The van der Waals surface area contributed by atoms with E-state index in [1.807, 2.05) is 0 Å². The summed E-state index contributed by atoms with van der Waals surface area (Å²) in [5, 5.41) is 0.158. The molecule has 0 atom stereocenters. The largest absolute Gasteiger partial charge is 0.329 e. The second-order valence-electron chi connectivity index (χ2n) is 3.26. The van der Waals surface area contributed by atoms with Gasteiger partial charge < -0.3 is 5.73 Å². The molecule has 0 spiro atoms. The number of hydrogen-bond acceptors (Lipinski definition) is 3. The van der Waals surface area contributed by atoms with Gasteiger partial charge in [-0.2, -0.15) is 0 Å². The molecular weight excluding hydrogens is 233 g/mol. The number of nitrogens with zero attached hydrogens (tertiary/aromatic N) is 2. The van der Waals surface area contributed by atoms with Gasteiger partial charge in [0.15, 0.2) is 0 Å². The molecule has 84 valence electrons. The third kappa shape index (κ3) is 1.68. The van der Waals surface area contributed by atoms with Crippen LogP contribution in [0.4, 0.5) is 4.39 Å². The molecule has 0 bridgehead atoms. The molecule has 0 fully saturated rings. The summed E-state index contributed by atoms with van der Waals surface area (Å²) in [5.74, 6) is -0.559. The maximum absolute atomic E-state index is 13.4. The molecule has 2 N–H and O–H groups in total. The Morgan fingerprint density at radius 3 is 2.94 bits per heavy atom. The van der Waals surface area contributed by atoms with Crippen LogP contribution in [0.15, 0.2) is 23.0 Å². The van der Waals surface area contributed by atoms with E-state index in [9.17, 15) is 9.18 Å². The van der Waals surface area contributed by atoms with Gasteiger partial charge in [0.05, 0.1) is 5.39 Å². The lowest BCUT2D eigenvalue weighted by Gasteiger charge is -2.07. The van der Waals surface area contributed by atoms with Gasteiger partial charge in [-0.15, -0.1) is 0 Å². The lowest BCUT2D eigenvalue weighted by atomic mass is 10.2. The number of halogens is 2. The third-order valence-electron chi connectivity index (χ3n) is 2.24. The highest BCUT2D eigenvalue weighted by Crippen LogP contribution is 2.14. The first-order valence-corrected chi connectivity index (χ1v) is 5.07. The Labute approximate surface area is 95.5 Å². The molecule has 0 saturated carbocycles. The van der Waals surface area contributed by atoms with Crippen LogP contribution < -0.4 is 11.3 Å². The number of rotatable bonds is 2. The maximum Gasteiger partial charge on any atom is 0.262 e. The van der Waals surface area contributed by atoms with Crippen LogP contribution in [0.1, 0.15) is 0 Å². The van der Waals surface area contributed by atoms with E-state index in [1.54, 1.807) is 0 Å². The molecule has 16 heavy (non-hydrogen) atoms. The van der Waals surface area contributed by atoms with Crippen molar-refractivity contribution in [2.24, 2.45) is 5.73 Å². The summed E-state index contributed by atoms with van der Waals surface area (Å²) in [6.45, 7) is 0.527. The Balaban J connectivity index is 2.84. The van der Waals surface area contributed by atoms with Crippen molar-refractivity contribution in [1.29, 1.82) is 0 Å². The van der Waals surface area contributed by atoms with E-state index in [1.165, 1.54) is 22.8 Å². The number of hydrogen-bond donors (Lipinski definition) is 1. The zero-order valence-electron chi connectivity index (χ0n) is 8.28. The first-order valence-electron chi connectivity index (χ1n) is 4.70. The Bertz CT molecular complexity index is 596. The predicted molar refractivity (Wildman–Crippen MR) is 60.0 cm³/mol. The smallest absolute Gasteiger partial charge is 0.262 e. The van der Waals surface area contributed by atoms with Gasteiger partial charge in [-0.05, 0) is 23.7 Å². The van der Waals surface area contributed by atoms with Gasteiger partial charge in [-0.25, -0.2) is 9.37 Å². The van der Waals surface area contributed by atoms with E-state index in [4.69, 9.17) is 17.3 Å². The Morgan fingerprint density at radius 2 is 2.25 bits per heavy atom. The minimum Gasteiger partial charge on any atom is -0.329 e. The van der Waals surface area contributed by atoms with Crippen LogP contribution in [-0.4, -0.2) is 16.1 Å². The van der Waals surface area contributed by atoms with Crippen molar-refractivity contribution in [3.63, 3.8) is 0 Å². The number of para-hydroxylation sites is 1. The maximum atomic E-state index is 13.4. The molecule has 6 heteroatoms. The van der Waals surface area contributed by atoms with E-state index < -0.39 is 5.82 Å². The SMILES string of the molecule is NCCn1c(Cl)nc2c(F)cccc2c1=O. The highest BCUT2D eigenvalue weighted by Gasteiger charge is 2.11. The number of fused-ring (bicyclic) bond motifs is 1. The van der Waals surface area contributed by atoms with Crippen LogP contribution in [-0.2, 0) is 6.54 Å². The fourth-order valence-corrected chi connectivity index (χ4v) is 1.75.